The van der Waals surface area contributed by atoms with Crippen LogP contribution in [0.4, 0.5) is 4.39 Å². The van der Waals surface area contributed by atoms with Crippen molar-refractivity contribution in [3.63, 3.8) is 0 Å². The number of nitrogens with two attached hydrogens (primary N) is 1. The van der Waals surface area contributed by atoms with Crippen LogP contribution < -0.4 is 9.88 Å². The summed E-state index contributed by atoms with van der Waals surface area (Å²) in [6, 6.07) is 7.43. The molecule has 3 aromatic heterocycles. The minimum Gasteiger partial charge on any atom is -0.481 e. The topological polar surface area (TPSA) is 113 Å². The van der Waals surface area contributed by atoms with Crippen molar-refractivity contribution in [2.24, 2.45) is 5.14 Å². The molecule has 1 aromatic carbocycles. The number of pyridine rings is 2. The van der Waals surface area contributed by atoms with Crippen LogP contribution in [0.2, 0.25) is 0 Å². The van der Waals surface area contributed by atoms with E-state index in [0.717, 1.165) is 17.0 Å². The summed E-state index contributed by atoms with van der Waals surface area (Å²) in [5, 5.41) is 5.80. The molecule has 0 atom stereocenters. The molecular weight excluding hydrogens is 385 g/mol. The second kappa shape index (κ2) is 6.50. The molecule has 8 nitrogen and oxygen atoms in total. The number of imidazole rings is 1. The quantitative estimate of drug-likeness (QED) is 0.560. The molecule has 144 valence electrons. The Hall–Kier alpha value is -3.11. The predicted octanol–water partition coefficient (Wildman–Crippen LogP) is 2.13. The Kier molecular flexibility index (Phi) is 4.24. The Balaban J connectivity index is 1.86. The van der Waals surface area contributed by atoms with E-state index in [2.05, 4.69) is 15.0 Å². The van der Waals surface area contributed by atoms with Gasteiger partial charge in [-0.3, -0.25) is 0 Å². The molecule has 0 bridgehead atoms. The number of rotatable bonds is 4. The maximum absolute atomic E-state index is 14.2. The zero-order valence-electron chi connectivity index (χ0n) is 15.0. The molecule has 0 aliphatic rings. The molecule has 0 radical (unpaired) electrons. The molecule has 2 N–H and O–H groups in total. The second-order valence-electron chi connectivity index (χ2n) is 6.27. The lowest BCUT2D eigenvalue weighted by atomic mass is 10.2. The molecule has 28 heavy (non-hydrogen) atoms. The van der Waals surface area contributed by atoms with Crippen LogP contribution in [0.25, 0.3) is 22.1 Å². The molecule has 4 aromatic rings. The first kappa shape index (κ1) is 18.3. The summed E-state index contributed by atoms with van der Waals surface area (Å²) >= 11 is 0. The van der Waals surface area contributed by atoms with Gasteiger partial charge in [-0.1, -0.05) is 6.07 Å². The number of sulfonamides is 1. The summed E-state index contributed by atoms with van der Waals surface area (Å²) in [6.07, 6.45) is 1.62. The number of nitrogens with zero attached hydrogens (tertiary/aromatic N) is 4. The van der Waals surface area contributed by atoms with Gasteiger partial charge in [0.25, 0.3) is 0 Å². The summed E-state index contributed by atoms with van der Waals surface area (Å²) in [4.78, 5) is 12.6. The van der Waals surface area contributed by atoms with Gasteiger partial charge >= 0.3 is 0 Å². The second-order valence-corrected chi connectivity index (χ2v) is 7.80. The van der Waals surface area contributed by atoms with Gasteiger partial charge in [0.15, 0.2) is 5.65 Å². The number of halogens is 1. The van der Waals surface area contributed by atoms with Crippen LogP contribution in [0.1, 0.15) is 11.4 Å². The first-order valence-corrected chi connectivity index (χ1v) is 9.80. The Labute approximate surface area is 159 Å². The molecule has 10 heteroatoms. The summed E-state index contributed by atoms with van der Waals surface area (Å²) in [7, 11) is -2.58. The molecule has 4 rings (SSSR count). The van der Waals surface area contributed by atoms with E-state index in [4.69, 9.17) is 9.88 Å². The fraction of sp³-hybridized carbons (Fsp3) is 0.167. The van der Waals surface area contributed by atoms with Crippen LogP contribution in [0.5, 0.6) is 5.88 Å². The number of fused-ring (bicyclic) bond motifs is 3. The van der Waals surface area contributed by atoms with E-state index in [1.54, 1.807) is 12.3 Å². The maximum atomic E-state index is 14.2. The standard InChI is InChI=1S/C18H16FN5O3S/c1-10-22-14-8-21-18-12(4-6-16(23-18)27-2)17(14)24(10)9-11-3-5-15(13(19)7-11)28(20,25)26/h3-8H,9H2,1-2H3,(H2,20,25,26). The molecule has 0 spiro atoms. The van der Waals surface area contributed by atoms with Crippen molar-refractivity contribution in [2.45, 2.75) is 18.4 Å². The molecule has 0 aliphatic heterocycles. The molecule has 0 aliphatic carbocycles. The third kappa shape index (κ3) is 3.06. The van der Waals surface area contributed by atoms with Gasteiger partial charge in [0, 0.05) is 18.0 Å². The van der Waals surface area contributed by atoms with Crippen LogP contribution in [0.15, 0.2) is 41.4 Å². The van der Waals surface area contributed by atoms with E-state index in [1.165, 1.54) is 19.2 Å². The molecule has 0 saturated carbocycles. The van der Waals surface area contributed by atoms with Crippen LogP contribution in [0.3, 0.4) is 0 Å². The summed E-state index contributed by atoms with van der Waals surface area (Å²) in [5.41, 5.74) is 2.55. The lowest BCUT2D eigenvalue weighted by Crippen LogP contribution is -2.14. The van der Waals surface area contributed by atoms with Crippen LogP contribution in [0, 0.1) is 12.7 Å². The van der Waals surface area contributed by atoms with Gasteiger partial charge < -0.3 is 9.30 Å². The highest BCUT2D eigenvalue weighted by Crippen LogP contribution is 2.26. The number of hydrogen-bond donors (Lipinski definition) is 1. The van der Waals surface area contributed by atoms with Gasteiger partial charge in [-0.05, 0) is 30.7 Å². The van der Waals surface area contributed by atoms with E-state index >= 15 is 0 Å². The Morgan fingerprint density at radius 3 is 2.68 bits per heavy atom. The number of aryl methyl sites for hydroxylation is 1. The molecular formula is C18H16FN5O3S. The molecule has 0 unspecified atom stereocenters. The van der Waals surface area contributed by atoms with Crippen molar-refractivity contribution in [3.8, 4) is 5.88 Å². The third-order valence-corrected chi connectivity index (χ3v) is 5.40. The smallest absolute Gasteiger partial charge is 0.240 e. The van der Waals surface area contributed by atoms with Crippen molar-refractivity contribution >= 4 is 32.1 Å². The van der Waals surface area contributed by atoms with Gasteiger partial charge in [0.2, 0.25) is 15.9 Å². The number of hydrogen-bond acceptors (Lipinski definition) is 6. The number of methoxy groups -OCH3 is 1. The minimum atomic E-state index is -4.11. The predicted molar refractivity (Wildman–Crippen MR) is 101 cm³/mol. The van der Waals surface area contributed by atoms with E-state index < -0.39 is 20.7 Å². The average Bonchev–Trinajstić information content (AvgIpc) is 2.96. The summed E-state index contributed by atoms with van der Waals surface area (Å²) in [6.45, 7) is 2.12. The number of benzene rings is 1. The van der Waals surface area contributed by atoms with E-state index in [9.17, 15) is 12.8 Å². The zero-order chi connectivity index (χ0) is 20.1. The van der Waals surface area contributed by atoms with E-state index in [0.29, 0.717) is 28.4 Å². The van der Waals surface area contributed by atoms with Gasteiger partial charge in [-0.15, -0.1) is 0 Å². The van der Waals surface area contributed by atoms with Crippen molar-refractivity contribution in [2.75, 3.05) is 7.11 Å². The van der Waals surface area contributed by atoms with Gasteiger partial charge in [-0.2, -0.15) is 4.98 Å². The zero-order valence-corrected chi connectivity index (χ0v) is 15.9. The monoisotopic (exact) mass is 401 g/mol. The van der Waals surface area contributed by atoms with Crippen molar-refractivity contribution in [1.82, 2.24) is 19.5 Å². The van der Waals surface area contributed by atoms with Crippen molar-refractivity contribution in [3.05, 3.63) is 53.7 Å². The third-order valence-electron chi connectivity index (χ3n) is 4.45. The van der Waals surface area contributed by atoms with E-state index in [1.807, 2.05) is 17.6 Å². The highest BCUT2D eigenvalue weighted by atomic mass is 32.2. The molecule has 0 fully saturated rings. The Morgan fingerprint density at radius 1 is 1.21 bits per heavy atom. The lowest BCUT2D eigenvalue weighted by molar-refractivity contribution is 0.399. The largest absolute Gasteiger partial charge is 0.481 e. The fourth-order valence-electron chi connectivity index (χ4n) is 3.16. The van der Waals surface area contributed by atoms with Gasteiger partial charge in [-0.25, -0.2) is 27.9 Å². The van der Waals surface area contributed by atoms with Gasteiger partial charge in [0.1, 0.15) is 22.1 Å². The highest BCUT2D eigenvalue weighted by molar-refractivity contribution is 7.89. The van der Waals surface area contributed by atoms with Crippen LogP contribution in [-0.2, 0) is 16.6 Å². The summed E-state index contributed by atoms with van der Waals surface area (Å²) < 4.78 is 44.1. The first-order chi connectivity index (χ1) is 13.3. The Bertz CT molecular complexity index is 1330. The van der Waals surface area contributed by atoms with Crippen LogP contribution >= 0.6 is 0 Å². The molecule has 0 saturated heterocycles. The number of aromatic nitrogens is 4. The minimum absolute atomic E-state index is 0.287. The van der Waals surface area contributed by atoms with E-state index in [-0.39, 0.29) is 6.54 Å². The number of ether oxygens (including phenoxy) is 1. The van der Waals surface area contributed by atoms with Gasteiger partial charge in [0.05, 0.1) is 18.8 Å². The summed E-state index contributed by atoms with van der Waals surface area (Å²) in [5.74, 6) is 0.263. The van der Waals surface area contributed by atoms with Crippen molar-refractivity contribution in [1.29, 1.82) is 0 Å². The number of primary sulfonamides is 1. The molecule has 3 heterocycles. The average molecular weight is 401 g/mol. The SMILES string of the molecule is COc1ccc2c(ncc3nc(C)n(Cc4ccc(S(N)(=O)=O)c(F)c4)c32)n1. The first-order valence-electron chi connectivity index (χ1n) is 8.26. The normalized spacial score (nSPS) is 12.0. The van der Waals surface area contributed by atoms with Crippen LogP contribution in [-0.4, -0.2) is 35.0 Å². The van der Waals surface area contributed by atoms with Crippen molar-refractivity contribution < 1.29 is 17.5 Å². The Morgan fingerprint density at radius 2 is 2.00 bits per heavy atom. The fourth-order valence-corrected chi connectivity index (χ4v) is 3.75. The highest BCUT2D eigenvalue weighted by Gasteiger charge is 2.17. The maximum Gasteiger partial charge on any atom is 0.240 e. The molecule has 0 amide bonds. The lowest BCUT2D eigenvalue weighted by Gasteiger charge is -2.10.